The van der Waals surface area contributed by atoms with Gasteiger partial charge in [0.2, 0.25) is 0 Å². The van der Waals surface area contributed by atoms with Crippen molar-refractivity contribution < 1.29 is 14.3 Å². The molecule has 4 nitrogen and oxygen atoms in total. The summed E-state index contributed by atoms with van der Waals surface area (Å²) in [4.78, 5) is 28.5. The Morgan fingerprint density at radius 3 is 2.65 bits per heavy atom. The Bertz CT molecular complexity index is 864. The number of carbonyl (C=O) groups excluding carboxylic acids is 2. The summed E-state index contributed by atoms with van der Waals surface area (Å²) >= 11 is 6.32. The molecule has 2 aliphatic carbocycles. The average Bonchev–Trinajstić information content (AvgIpc) is 3.23. The number of hydrogen-bond donors (Lipinski definition) is 1. The molecule has 0 saturated heterocycles. The van der Waals surface area contributed by atoms with E-state index in [4.69, 9.17) is 16.3 Å². The van der Waals surface area contributed by atoms with E-state index in [2.05, 4.69) is 4.98 Å². The number of aromatic amines is 1. The van der Waals surface area contributed by atoms with Crippen molar-refractivity contribution in [1.82, 2.24) is 4.98 Å². The standard InChI is InChI=1S/C21H22ClNO3/c1-12-19-17(23-20(12)21(25)26-14-6-2-3-7-14)10-13(11-18(19)24)15-8-4-5-9-16(15)22/h4-5,8-9,13-14,23H,2-3,6-7,10-11H2,1H3/t13-/m1/s1. The van der Waals surface area contributed by atoms with Crippen LogP contribution >= 0.6 is 11.6 Å². The van der Waals surface area contributed by atoms with Crippen molar-refractivity contribution >= 4 is 23.4 Å². The van der Waals surface area contributed by atoms with Gasteiger partial charge >= 0.3 is 5.97 Å². The van der Waals surface area contributed by atoms with Crippen LogP contribution in [-0.4, -0.2) is 22.8 Å². The van der Waals surface area contributed by atoms with E-state index in [0.717, 1.165) is 36.9 Å². The molecule has 1 N–H and O–H groups in total. The number of benzene rings is 1. The van der Waals surface area contributed by atoms with Crippen molar-refractivity contribution in [2.45, 2.75) is 57.5 Å². The first-order valence-corrected chi connectivity index (χ1v) is 9.62. The lowest BCUT2D eigenvalue weighted by Gasteiger charge is -2.22. The number of hydrogen-bond acceptors (Lipinski definition) is 3. The van der Waals surface area contributed by atoms with Gasteiger partial charge in [-0.05, 0) is 62.1 Å². The van der Waals surface area contributed by atoms with Crippen LogP contribution in [0.4, 0.5) is 0 Å². The first kappa shape index (κ1) is 17.3. The molecule has 0 amide bonds. The van der Waals surface area contributed by atoms with Gasteiger partial charge in [-0.3, -0.25) is 4.79 Å². The van der Waals surface area contributed by atoms with Gasteiger partial charge in [-0.25, -0.2) is 4.79 Å². The zero-order valence-corrected chi connectivity index (χ0v) is 15.6. The molecule has 1 heterocycles. The largest absolute Gasteiger partial charge is 0.458 e. The van der Waals surface area contributed by atoms with Crippen LogP contribution in [0.5, 0.6) is 0 Å². The third-order valence-corrected chi connectivity index (χ3v) is 5.96. The minimum Gasteiger partial charge on any atom is -0.458 e. The molecule has 1 atom stereocenters. The summed E-state index contributed by atoms with van der Waals surface area (Å²) in [6.45, 7) is 1.83. The molecule has 0 spiro atoms. The Hall–Kier alpha value is -2.07. The van der Waals surface area contributed by atoms with E-state index in [1.165, 1.54) is 0 Å². The van der Waals surface area contributed by atoms with Gasteiger partial charge in [0, 0.05) is 22.7 Å². The second kappa shape index (κ2) is 6.92. The summed E-state index contributed by atoms with van der Waals surface area (Å²) in [5.74, 6) is -0.254. The molecule has 1 fully saturated rings. The smallest absolute Gasteiger partial charge is 0.355 e. The summed E-state index contributed by atoms with van der Waals surface area (Å²) in [5.41, 5.74) is 3.60. The predicted molar refractivity (Wildman–Crippen MR) is 100 cm³/mol. The maximum Gasteiger partial charge on any atom is 0.355 e. The highest BCUT2D eigenvalue weighted by Gasteiger charge is 2.33. The highest BCUT2D eigenvalue weighted by atomic mass is 35.5. The highest BCUT2D eigenvalue weighted by molar-refractivity contribution is 6.31. The monoisotopic (exact) mass is 371 g/mol. The van der Waals surface area contributed by atoms with Crippen molar-refractivity contribution in [2.75, 3.05) is 0 Å². The second-order valence-electron chi connectivity index (χ2n) is 7.34. The van der Waals surface area contributed by atoms with E-state index in [-0.39, 0.29) is 23.8 Å². The maximum atomic E-state index is 12.8. The van der Waals surface area contributed by atoms with Gasteiger partial charge in [-0.15, -0.1) is 0 Å². The Morgan fingerprint density at radius 2 is 1.92 bits per heavy atom. The topological polar surface area (TPSA) is 59.2 Å². The lowest BCUT2D eigenvalue weighted by Crippen LogP contribution is -2.18. The summed E-state index contributed by atoms with van der Waals surface area (Å²) < 4.78 is 5.62. The molecule has 26 heavy (non-hydrogen) atoms. The molecule has 0 aliphatic heterocycles. The lowest BCUT2D eigenvalue weighted by molar-refractivity contribution is 0.0310. The molecule has 0 unspecified atom stereocenters. The van der Waals surface area contributed by atoms with Crippen LogP contribution in [0.1, 0.15) is 75.7 Å². The van der Waals surface area contributed by atoms with E-state index < -0.39 is 0 Å². The van der Waals surface area contributed by atoms with Gasteiger partial charge < -0.3 is 9.72 Å². The summed E-state index contributed by atoms with van der Waals surface area (Å²) in [6.07, 6.45) is 5.16. The van der Waals surface area contributed by atoms with Crippen molar-refractivity contribution in [3.05, 3.63) is 57.4 Å². The van der Waals surface area contributed by atoms with Gasteiger partial charge in [0.15, 0.2) is 5.78 Å². The fourth-order valence-electron chi connectivity index (χ4n) is 4.28. The molecule has 2 aromatic rings. The quantitative estimate of drug-likeness (QED) is 0.773. The Labute approximate surface area is 157 Å². The number of rotatable bonds is 3. The van der Waals surface area contributed by atoms with E-state index >= 15 is 0 Å². The third-order valence-electron chi connectivity index (χ3n) is 5.61. The van der Waals surface area contributed by atoms with Gasteiger partial charge in [-0.2, -0.15) is 0 Å². The van der Waals surface area contributed by atoms with Crippen molar-refractivity contribution in [1.29, 1.82) is 0 Å². The fraction of sp³-hybridized carbons (Fsp3) is 0.429. The Balaban J connectivity index is 1.61. The fourth-order valence-corrected chi connectivity index (χ4v) is 4.57. The Kier molecular flexibility index (Phi) is 4.62. The minimum atomic E-state index is -0.342. The normalized spacial score (nSPS) is 20.2. The van der Waals surface area contributed by atoms with E-state index in [1.54, 1.807) is 0 Å². The summed E-state index contributed by atoms with van der Waals surface area (Å²) in [6, 6.07) is 7.64. The van der Waals surface area contributed by atoms with Gasteiger partial charge in [0.1, 0.15) is 11.8 Å². The van der Waals surface area contributed by atoms with Crippen molar-refractivity contribution in [3.63, 3.8) is 0 Å². The number of aromatic nitrogens is 1. The van der Waals surface area contributed by atoms with E-state index in [0.29, 0.717) is 34.7 Å². The van der Waals surface area contributed by atoms with Crippen LogP contribution < -0.4 is 0 Å². The number of H-pyrrole nitrogens is 1. The number of ketones is 1. The number of Topliss-reactive ketones (excluding diaryl/α,β-unsaturated/α-hetero) is 1. The molecular formula is C21H22ClNO3. The van der Waals surface area contributed by atoms with Crippen LogP contribution in [0.15, 0.2) is 24.3 Å². The molecule has 0 radical (unpaired) electrons. The van der Waals surface area contributed by atoms with Gasteiger partial charge in [0.25, 0.3) is 0 Å². The maximum absolute atomic E-state index is 12.8. The minimum absolute atomic E-state index is 0.00815. The molecule has 1 saturated carbocycles. The average molecular weight is 372 g/mol. The van der Waals surface area contributed by atoms with Crippen LogP contribution in [0.3, 0.4) is 0 Å². The molecule has 1 aromatic heterocycles. The molecule has 1 aromatic carbocycles. The van der Waals surface area contributed by atoms with Crippen LogP contribution in [0.25, 0.3) is 0 Å². The lowest BCUT2D eigenvalue weighted by atomic mass is 9.81. The summed E-state index contributed by atoms with van der Waals surface area (Å²) in [7, 11) is 0. The Morgan fingerprint density at radius 1 is 1.19 bits per heavy atom. The second-order valence-corrected chi connectivity index (χ2v) is 7.75. The molecular weight excluding hydrogens is 350 g/mol. The highest BCUT2D eigenvalue weighted by Crippen LogP contribution is 2.37. The molecule has 2 aliphatic rings. The van der Waals surface area contributed by atoms with Gasteiger partial charge in [-0.1, -0.05) is 29.8 Å². The number of fused-ring (bicyclic) bond motifs is 1. The van der Waals surface area contributed by atoms with Crippen LogP contribution in [0, 0.1) is 6.92 Å². The third kappa shape index (κ3) is 3.07. The number of halogens is 1. The predicted octanol–water partition coefficient (Wildman–Crippen LogP) is 4.99. The number of ether oxygens (including phenoxy) is 1. The zero-order chi connectivity index (χ0) is 18.3. The van der Waals surface area contributed by atoms with Crippen molar-refractivity contribution in [2.24, 2.45) is 0 Å². The summed E-state index contributed by atoms with van der Waals surface area (Å²) in [5, 5.41) is 0.679. The molecule has 0 bridgehead atoms. The van der Waals surface area contributed by atoms with E-state index in [9.17, 15) is 9.59 Å². The van der Waals surface area contributed by atoms with Gasteiger partial charge in [0.05, 0.1) is 0 Å². The molecule has 136 valence electrons. The van der Waals surface area contributed by atoms with Crippen LogP contribution in [-0.2, 0) is 11.2 Å². The number of esters is 1. The number of nitrogens with one attached hydrogen (secondary N) is 1. The molecule has 4 rings (SSSR count). The number of carbonyl (C=O) groups is 2. The molecule has 5 heteroatoms. The first-order valence-electron chi connectivity index (χ1n) is 9.24. The zero-order valence-electron chi connectivity index (χ0n) is 14.8. The SMILES string of the molecule is Cc1c(C(=O)OC2CCCC2)[nH]c2c1C(=O)C[C@H](c1ccccc1Cl)C2. The first-order chi connectivity index (χ1) is 12.5. The van der Waals surface area contributed by atoms with E-state index in [1.807, 2.05) is 31.2 Å². The van der Waals surface area contributed by atoms with Crippen molar-refractivity contribution in [3.8, 4) is 0 Å². The van der Waals surface area contributed by atoms with Crippen LogP contribution in [0.2, 0.25) is 5.02 Å².